The summed E-state index contributed by atoms with van der Waals surface area (Å²) in [6.07, 6.45) is 3.01. The van der Waals surface area contributed by atoms with Crippen molar-refractivity contribution in [3.8, 4) is 5.75 Å². The van der Waals surface area contributed by atoms with Gasteiger partial charge in [0.1, 0.15) is 11.3 Å². The van der Waals surface area contributed by atoms with Gasteiger partial charge in [0.05, 0.1) is 0 Å². The van der Waals surface area contributed by atoms with Crippen molar-refractivity contribution in [2.75, 3.05) is 6.54 Å². The fourth-order valence-corrected chi connectivity index (χ4v) is 2.71. The number of carbonyl (C=O) groups excluding carboxylic acids is 1. The van der Waals surface area contributed by atoms with Crippen LogP contribution in [0.25, 0.3) is 10.9 Å². The maximum Gasteiger partial charge on any atom is 0.275 e. The molecule has 0 saturated carbocycles. The van der Waals surface area contributed by atoms with Crippen molar-refractivity contribution in [2.24, 2.45) is 7.05 Å². The van der Waals surface area contributed by atoms with E-state index in [0.717, 1.165) is 5.39 Å². The van der Waals surface area contributed by atoms with E-state index < -0.39 is 6.10 Å². The van der Waals surface area contributed by atoms with Crippen LogP contribution in [0.5, 0.6) is 5.75 Å². The van der Waals surface area contributed by atoms with Crippen molar-refractivity contribution >= 4 is 16.8 Å². The van der Waals surface area contributed by atoms with Gasteiger partial charge in [-0.1, -0.05) is 18.2 Å². The molecule has 6 nitrogen and oxygen atoms in total. The van der Waals surface area contributed by atoms with Crippen molar-refractivity contribution in [1.82, 2.24) is 14.5 Å². The highest BCUT2D eigenvalue weighted by atomic mass is 16.5. The Bertz CT molecular complexity index is 928. The lowest BCUT2D eigenvalue weighted by atomic mass is 10.3. The largest absolute Gasteiger partial charge is 0.481 e. The number of pyridine rings is 1. The molecule has 0 saturated heterocycles. The number of rotatable bonds is 6. The van der Waals surface area contributed by atoms with Gasteiger partial charge in [0.2, 0.25) is 0 Å². The van der Waals surface area contributed by atoms with Crippen molar-refractivity contribution in [3.05, 3.63) is 65.2 Å². The summed E-state index contributed by atoms with van der Waals surface area (Å²) in [5.41, 5.74) is 0.599. The molecular formula is C19H21N3O3. The third-order valence-electron chi connectivity index (χ3n) is 4.08. The van der Waals surface area contributed by atoms with Crippen LogP contribution in [-0.4, -0.2) is 27.7 Å². The second kappa shape index (κ2) is 7.25. The molecule has 1 aromatic carbocycles. The number of nitrogens with one attached hydrogen (secondary N) is 1. The van der Waals surface area contributed by atoms with Crippen molar-refractivity contribution < 1.29 is 9.53 Å². The molecule has 0 bridgehead atoms. The first-order valence-electron chi connectivity index (χ1n) is 8.20. The Morgan fingerprint density at radius 1 is 1.16 bits per heavy atom. The number of carbonyl (C=O) groups is 1. The van der Waals surface area contributed by atoms with Crippen molar-refractivity contribution in [2.45, 2.75) is 19.6 Å². The molecule has 1 atom stereocenters. The average Bonchev–Trinajstić information content (AvgIpc) is 2.99. The number of aromatic nitrogens is 2. The van der Waals surface area contributed by atoms with Crippen LogP contribution in [0.2, 0.25) is 0 Å². The Morgan fingerprint density at radius 2 is 1.88 bits per heavy atom. The first-order valence-corrected chi connectivity index (χ1v) is 8.20. The number of hydrogen-bond acceptors (Lipinski definition) is 3. The molecule has 25 heavy (non-hydrogen) atoms. The summed E-state index contributed by atoms with van der Waals surface area (Å²) in [7, 11) is 1.85. The second-order valence-corrected chi connectivity index (χ2v) is 5.91. The molecule has 0 aliphatic rings. The maximum absolute atomic E-state index is 12.5. The Balaban J connectivity index is 1.57. The van der Waals surface area contributed by atoms with E-state index in [1.54, 1.807) is 29.8 Å². The van der Waals surface area contributed by atoms with Gasteiger partial charge in [-0.3, -0.25) is 9.59 Å². The quantitative estimate of drug-likeness (QED) is 0.746. The minimum absolute atomic E-state index is 0.0622. The standard InChI is InChI=1S/C19H21N3O3/c1-14(25-16-6-4-3-5-7-16)18(23)20-10-13-22-12-9-15-8-11-21(2)17(15)19(22)24/h3-9,11-12,14H,10,13H2,1-2H3,(H,20,23)/t14-/m0/s1. The molecule has 0 fully saturated rings. The first kappa shape index (κ1) is 16.8. The molecule has 3 aromatic rings. The van der Waals surface area contributed by atoms with E-state index in [2.05, 4.69) is 5.32 Å². The van der Waals surface area contributed by atoms with Gasteiger partial charge in [0, 0.05) is 37.9 Å². The van der Waals surface area contributed by atoms with Crippen LogP contribution in [0.4, 0.5) is 0 Å². The molecule has 3 rings (SSSR count). The lowest BCUT2D eigenvalue weighted by Crippen LogP contribution is -2.38. The fourth-order valence-electron chi connectivity index (χ4n) is 2.71. The van der Waals surface area contributed by atoms with Gasteiger partial charge < -0.3 is 19.2 Å². The molecule has 6 heteroatoms. The molecule has 0 radical (unpaired) electrons. The van der Waals surface area contributed by atoms with Crippen LogP contribution in [0.15, 0.2) is 59.7 Å². The number of nitrogens with zero attached hydrogens (tertiary/aromatic N) is 2. The van der Waals surface area contributed by atoms with E-state index in [0.29, 0.717) is 24.4 Å². The van der Waals surface area contributed by atoms with Crippen LogP contribution >= 0.6 is 0 Å². The summed E-state index contributed by atoms with van der Waals surface area (Å²) >= 11 is 0. The number of benzene rings is 1. The zero-order valence-electron chi connectivity index (χ0n) is 14.3. The Kier molecular flexibility index (Phi) is 4.88. The first-order chi connectivity index (χ1) is 12.1. The molecular weight excluding hydrogens is 318 g/mol. The number of aryl methyl sites for hydroxylation is 1. The fraction of sp³-hybridized carbons (Fsp3) is 0.263. The molecule has 1 amide bonds. The highest BCUT2D eigenvalue weighted by molar-refractivity contribution is 5.80. The summed E-state index contributed by atoms with van der Waals surface area (Å²) in [6.45, 7) is 2.46. The Labute approximate surface area is 145 Å². The van der Waals surface area contributed by atoms with E-state index in [1.165, 1.54) is 0 Å². The summed E-state index contributed by atoms with van der Waals surface area (Å²) < 4.78 is 8.99. The van der Waals surface area contributed by atoms with Crippen LogP contribution in [0, 0.1) is 0 Å². The SMILES string of the molecule is C[C@H](Oc1ccccc1)C(=O)NCCn1ccc2ccn(C)c2c1=O. The van der Waals surface area contributed by atoms with E-state index >= 15 is 0 Å². The van der Waals surface area contributed by atoms with E-state index in [1.807, 2.05) is 48.1 Å². The number of ether oxygens (including phenoxy) is 1. The summed E-state index contributed by atoms with van der Waals surface area (Å²) in [4.78, 5) is 24.6. The molecule has 0 spiro atoms. The molecule has 0 aliphatic heterocycles. The molecule has 2 heterocycles. The highest BCUT2D eigenvalue weighted by Crippen LogP contribution is 2.11. The number of hydrogen-bond donors (Lipinski definition) is 1. The van der Waals surface area contributed by atoms with Crippen LogP contribution in [-0.2, 0) is 18.4 Å². The van der Waals surface area contributed by atoms with Crippen LogP contribution in [0.3, 0.4) is 0 Å². The second-order valence-electron chi connectivity index (χ2n) is 5.91. The Hall–Kier alpha value is -3.02. The van der Waals surface area contributed by atoms with Gasteiger partial charge in [0.25, 0.3) is 11.5 Å². The van der Waals surface area contributed by atoms with Crippen molar-refractivity contribution in [3.63, 3.8) is 0 Å². The Morgan fingerprint density at radius 3 is 2.64 bits per heavy atom. The topological polar surface area (TPSA) is 65.3 Å². The number of amides is 1. The van der Waals surface area contributed by atoms with Crippen LogP contribution in [0.1, 0.15) is 6.92 Å². The third kappa shape index (κ3) is 3.74. The smallest absolute Gasteiger partial charge is 0.275 e. The zero-order chi connectivity index (χ0) is 17.8. The predicted molar refractivity (Wildman–Crippen MR) is 96.7 cm³/mol. The minimum atomic E-state index is -0.602. The minimum Gasteiger partial charge on any atom is -0.481 e. The molecule has 1 N–H and O–H groups in total. The van der Waals surface area contributed by atoms with Gasteiger partial charge in [-0.05, 0) is 31.2 Å². The van der Waals surface area contributed by atoms with E-state index in [-0.39, 0.29) is 11.5 Å². The predicted octanol–water partition coefficient (Wildman–Crippen LogP) is 1.92. The summed E-state index contributed by atoms with van der Waals surface area (Å²) in [5, 5.41) is 3.72. The van der Waals surface area contributed by atoms with Gasteiger partial charge in [-0.25, -0.2) is 0 Å². The monoisotopic (exact) mass is 339 g/mol. The molecule has 2 aromatic heterocycles. The highest BCUT2D eigenvalue weighted by Gasteiger charge is 2.14. The number of para-hydroxylation sites is 1. The van der Waals surface area contributed by atoms with Gasteiger partial charge >= 0.3 is 0 Å². The van der Waals surface area contributed by atoms with Crippen LogP contribution < -0.4 is 15.6 Å². The normalized spacial score (nSPS) is 12.1. The molecule has 0 unspecified atom stereocenters. The van der Waals surface area contributed by atoms with E-state index in [9.17, 15) is 9.59 Å². The molecule has 0 aliphatic carbocycles. The van der Waals surface area contributed by atoms with Gasteiger partial charge in [-0.2, -0.15) is 0 Å². The van der Waals surface area contributed by atoms with E-state index in [4.69, 9.17) is 4.74 Å². The third-order valence-corrected chi connectivity index (χ3v) is 4.08. The maximum atomic E-state index is 12.5. The lowest BCUT2D eigenvalue weighted by Gasteiger charge is -2.15. The summed E-state index contributed by atoms with van der Waals surface area (Å²) in [5.74, 6) is 0.437. The van der Waals surface area contributed by atoms with Gasteiger partial charge in [0.15, 0.2) is 6.10 Å². The average molecular weight is 339 g/mol. The summed E-state index contributed by atoms with van der Waals surface area (Å²) in [6, 6.07) is 13.0. The van der Waals surface area contributed by atoms with Crippen molar-refractivity contribution in [1.29, 1.82) is 0 Å². The van der Waals surface area contributed by atoms with Gasteiger partial charge in [-0.15, -0.1) is 0 Å². The number of fused-ring (bicyclic) bond motifs is 1. The molecule has 130 valence electrons. The lowest BCUT2D eigenvalue weighted by molar-refractivity contribution is -0.127. The zero-order valence-corrected chi connectivity index (χ0v) is 14.3.